The lowest BCUT2D eigenvalue weighted by atomic mass is 10.2. The third kappa shape index (κ3) is 5.91. The summed E-state index contributed by atoms with van der Waals surface area (Å²) in [4.78, 5) is 49.6. The van der Waals surface area contributed by atoms with Crippen molar-refractivity contribution in [3.05, 3.63) is 49.8 Å². The Morgan fingerprint density at radius 3 is 2.65 bits per heavy atom. The van der Waals surface area contributed by atoms with Crippen LogP contribution in [0, 0.1) is 3.57 Å². The molecule has 180 valence electrons. The maximum absolute atomic E-state index is 12.8. The van der Waals surface area contributed by atoms with E-state index >= 15 is 0 Å². The molecule has 0 radical (unpaired) electrons. The predicted octanol–water partition coefficient (Wildman–Crippen LogP) is 3.86. The fraction of sp³-hybridized carbons (Fsp3) is 0.273. The number of hydrogen-bond donors (Lipinski definition) is 0. The van der Waals surface area contributed by atoms with E-state index in [1.54, 1.807) is 25.1 Å². The average molecular weight is 601 g/mol. The zero-order valence-electron chi connectivity index (χ0n) is 18.4. The van der Waals surface area contributed by atoms with Crippen molar-refractivity contribution in [3.63, 3.8) is 0 Å². The number of benzene rings is 1. The van der Waals surface area contributed by atoms with E-state index in [4.69, 9.17) is 18.6 Å². The summed E-state index contributed by atoms with van der Waals surface area (Å²) in [6.45, 7) is 1.55. The summed E-state index contributed by atoms with van der Waals surface area (Å²) >= 11 is 2.81. The zero-order chi connectivity index (χ0) is 24.8. The molecule has 2 amide bonds. The first-order chi connectivity index (χ1) is 16.3. The third-order valence-corrected chi connectivity index (χ3v) is 6.13. The van der Waals surface area contributed by atoms with Gasteiger partial charge in [-0.2, -0.15) is 0 Å². The molecule has 0 bridgehead atoms. The molecule has 0 N–H and O–H groups in total. The number of nitrogens with zero attached hydrogens (tertiary/aromatic N) is 1. The number of methoxy groups -OCH3 is 2. The van der Waals surface area contributed by atoms with Crippen molar-refractivity contribution in [1.82, 2.24) is 4.90 Å². The minimum atomic E-state index is -0.654. The van der Waals surface area contributed by atoms with Gasteiger partial charge in [0, 0.05) is 0 Å². The van der Waals surface area contributed by atoms with Crippen LogP contribution in [0.25, 0.3) is 6.08 Å². The summed E-state index contributed by atoms with van der Waals surface area (Å²) in [5.41, 5.74) is 0.598. The molecule has 2 heterocycles. The summed E-state index contributed by atoms with van der Waals surface area (Å²) < 4.78 is 26.3. The summed E-state index contributed by atoms with van der Waals surface area (Å²) in [5.74, 6) is -0.696. The third-order valence-electron chi connectivity index (χ3n) is 4.42. The Hall–Kier alpha value is -3.00. The SMILES string of the molecule is CCOC(=O)COc1c(I)cc(/C=C2/SC(=O)N(Cc3ccc(C(=O)OC)o3)C2=O)cc1OC. The van der Waals surface area contributed by atoms with Gasteiger partial charge in [-0.3, -0.25) is 14.5 Å². The fourth-order valence-electron chi connectivity index (χ4n) is 2.91. The van der Waals surface area contributed by atoms with Crippen LogP contribution in [0.5, 0.6) is 11.5 Å². The topological polar surface area (TPSA) is 122 Å². The van der Waals surface area contributed by atoms with Crippen LogP contribution in [-0.2, 0) is 25.6 Å². The van der Waals surface area contributed by atoms with Crippen LogP contribution in [0.3, 0.4) is 0 Å². The maximum Gasteiger partial charge on any atom is 0.373 e. The summed E-state index contributed by atoms with van der Waals surface area (Å²) in [6.07, 6.45) is 1.56. The van der Waals surface area contributed by atoms with Gasteiger partial charge in [0.05, 0.1) is 35.8 Å². The number of amides is 2. The largest absolute Gasteiger partial charge is 0.493 e. The molecule has 1 aromatic carbocycles. The van der Waals surface area contributed by atoms with Gasteiger partial charge in [-0.25, -0.2) is 9.59 Å². The minimum absolute atomic E-state index is 0.0213. The van der Waals surface area contributed by atoms with E-state index < -0.39 is 23.1 Å². The second kappa shape index (κ2) is 11.4. The van der Waals surface area contributed by atoms with Gasteiger partial charge in [0.25, 0.3) is 11.1 Å². The molecule has 0 atom stereocenters. The molecule has 0 aliphatic carbocycles. The highest BCUT2D eigenvalue weighted by atomic mass is 127. The van der Waals surface area contributed by atoms with Gasteiger partial charge in [-0.15, -0.1) is 0 Å². The Morgan fingerprint density at radius 1 is 1.21 bits per heavy atom. The molecule has 12 heteroatoms. The van der Waals surface area contributed by atoms with E-state index in [-0.39, 0.29) is 36.2 Å². The lowest BCUT2D eigenvalue weighted by Crippen LogP contribution is -2.27. The molecule has 1 fully saturated rings. The molecule has 0 saturated carbocycles. The van der Waals surface area contributed by atoms with Crippen molar-refractivity contribution >= 4 is 63.5 Å². The van der Waals surface area contributed by atoms with Crippen LogP contribution in [0.2, 0.25) is 0 Å². The molecule has 2 aromatic rings. The van der Waals surface area contributed by atoms with E-state index in [1.807, 2.05) is 22.6 Å². The van der Waals surface area contributed by atoms with Crippen LogP contribution in [0.1, 0.15) is 28.8 Å². The number of carbonyl (C=O) groups is 4. The molecule has 0 spiro atoms. The normalized spacial score (nSPS) is 14.5. The first-order valence-electron chi connectivity index (χ1n) is 9.85. The highest BCUT2D eigenvalue weighted by molar-refractivity contribution is 14.1. The van der Waals surface area contributed by atoms with Gasteiger partial charge in [0.15, 0.2) is 18.1 Å². The Kier molecular flexibility index (Phi) is 8.61. The highest BCUT2D eigenvalue weighted by Gasteiger charge is 2.36. The lowest BCUT2D eigenvalue weighted by molar-refractivity contribution is -0.145. The minimum Gasteiger partial charge on any atom is -0.493 e. The molecule has 1 aromatic heterocycles. The number of imide groups is 1. The van der Waals surface area contributed by atoms with E-state index in [0.29, 0.717) is 20.6 Å². The van der Waals surface area contributed by atoms with E-state index in [1.165, 1.54) is 26.4 Å². The van der Waals surface area contributed by atoms with E-state index in [0.717, 1.165) is 16.7 Å². The summed E-state index contributed by atoms with van der Waals surface area (Å²) in [7, 11) is 2.67. The average Bonchev–Trinajstić information content (AvgIpc) is 3.38. The number of furan rings is 1. The van der Waals surface area contributed by atoms with Crippen LogP contribution >= 0.6 is 34.4 Å². The Balaban J connectivity index is 1.77. The maximum atomic E-state index is 12.8. The molecule has 3 rings (SSSR count). The Morgan fingerprint density at radius 2 is 1.97 bits per heavy atom. The monoisotopic (exact) mass is 601 g/mol. The van der Waals surface area contributed by atoms with Crippen molar-refractivity contribution < 1.29 is 42.5 Å². The predicted molar refractivity (Wildman–Crippen MR) is 129 cm³/mol. The van der Waals surface area contributed by atoms with Crippen molar-refractivity contribution in [3.8, 4) is 11.5 Å². The van der Waals surface area contributed by atoms with E-state index in [9.17, 15) is 19.2 Å². The molecular formula is C22H20INO9S. The van der Waals surface area contributed by atoms with E-state index in [2.05, 4.69) is 4.74 Å². The number of hydrogen-bond acceptors (Lipinski definition) is 10. The van der Waals surface area contributed by atoms with Crippen LogP contribution in [-0.4, -0.2) is 55.4 Å². The molecule has 10 nitrogen and oxygen atoms in total. The molecule has 1 aliphatic rings. The summed E-state index contributed by atoms with van der Waals surface area (Å²) in [5, 5.41) is -0.469. The highest BCUT2D eigenvalue weighted by Crippen LogP contribution is 2.37. The second-order valence-electron chi connectivity index (χ2n) is 6.65. The number of esters is 2. The Labute approximate surface area is 212 Å². The van der Waals surface area contributed by atoms with Gasteiger partial charge in [0.2, 0.25) is 5.76 Å². The van der Waals surface area contributed by atoms with Crippen LogP contribution < -0.4 is 9.47 Å². The number of thioether (sulfide) groups is 1. The van der Waals surface area contributed by atoms with Crippen molar-refractivity contribution in [2.75, 3.05) is 27.4 Å². The van der Waals surface area contributed by atoms with Crippen LogP contribution in [0.4, 0.5) is 4.79 Å². The fourth-order valence-corrected chi connectivity index (χ4v) is 4.53. The number of halogens is 1. The molecule has 34 heavy (non-hydrogen) atoms. The number of ether oxygens (including phenoxy) is 4. The second-order valence-corrected chi connectivity index (χ2v) is 8.81. The number of carbonyl (C=O) groups excluding carboxylic acids is 4. The van der Waals surface area contributed by atoms with Crippen molar-refractivity contribution in [2.45, 2.75) is 13.5 Å². The summed E-state index contributed by atoms with van der Waals surface area (Å²) in [6, 6.07) is 6.27. The standard InChI is InChI=1S/C22H20INO9S/c1-4-31-18(25)11-32-19-14(23)7-12(8-16(19)29-2)9-17-20(26)24(22(28)34-17)10-13-5-6-15(33-13)21(27)30-3/h5-9H,4,10-11H2,1-3H3/b17-9+. The van der Waals surface area contributed by atoms with Gasteiger partial charge < -0.3 is 23.4 Å². The van der Waals surface area contributed by atoms with Crippen molar-refractivity contribution in [1.29, 1.82) is 0 Å². The smallest absolute Gasteiger partial charge is 0.373 e. The lowest BCUT2D eigenvalue weighted by Gasteiger charge is -2.13. The molecule has 0 unspecified atom stereocenters. The molecule has 1 aliphatic heterocycles. The van der Waals surface area contributed by atoms with Crippen LogP contribution in [0.15, 0.2) is 33.6 Å². The first kappa shape index (κ1) is 25.6. The molecule has 1 saturated heterocycles. The van der Waals surface area contributed by atoms with Gasteiger partial charge in [-0.1, -0.05) is 0 Å². The quantitative estimate of drug-likeness (QED) is 0.238. The molecular weight excluding hydrogens is 581 g/mol. The van der Waals surface area contributed by atoms with Gasteiger partial charge in [0.1, 0.15) is 5.76 Å². The number of rotatable bonds is 9. The zero-order valence-corrected chi connectivity index (χ0v) is 21.4. The first-order valence-corrected chi connectivity index (χ1v) is 11.7. The Bertz CT molecular complexity index is 1160. The van der Waals surface area contributed by atoms with Gasteiger partial charge in [-0.05, 0) is 77.2 Å². The van der Waals surface area contributed by atoms with Crippen molar-refractivity contribution in [2.24, 2.45) is 0 Å². The van der Waals surface area contributed by atoms with Gasteiger partial charge >= 0.3 is 11.9 Å².